The Labute approximate surface area is 289 Å². The molecule has 0 aliphatic rings. The SMILES string of the molecule is c1ccc(-c2nc(-n3c4ccc5ccccc5c4c4cccc(-c5cccc6sc7ccccc7c56)c43)nc3c2sc2ccccc23)cc1. The Morgan fingerprint density at radius 2 is 1.12 bits per heavy atom. The maximum Gasteiger partial charge on any atom is 0.235 e. The number of hydrogen-bond acceptors (Lipinski definition) is 4. The average molecular weight is 660 g/mol. The van der Waals surface area contributed by atoms with Gasteiger partial charge in [0.25, 0.3) is 0 Å². The second-order valence-electron chi connectivity index (χ2n) is 12.5. The number of hydrogen-bond donors (Lipinski definition) is 0. The van der Waals surface area contributed by atoms with E-state index in [0.717, 1.165) is 37.9 Å². The van der Waals surface area contributed by atoms with Gasteiger partial charge in [0.1, 0.15) is 0 Å². The van der Waals surface area contributed by atoms with Crippen LogP contribution in [0.3, 0.4) is 0 Å². The molecule has 0 aliphatic heterocycles. The van der Waals surface area contributed by atoms with E-state index in [9.17, 15) is 0 Å². The molecule has 0 N–H and O–H groups in total. The zero-order valence-electron chi connectivity index (χ0n) is 26.1. The largest absolute Gasteiger partial charge is 0.277 e. The summed E-state index contributed by atoms with van der Waals surface area (Å²) < 4.78 is 7.24. The summed E-state index contributed by atoms with van der Waals surface area (Å²) in [5.41, 5.74) is 7.65. The van der Waals surface area contributed by atoms with Gasteiger partial charge in [-0.25, -0.2) is 9.97 Å². The molecule has 0 unspecified atom stereocenters. The van der Waals surface area contributed by atoms with Crippen molar-refractivity contribution in [2.45, 2.75) is 0 Å². The molecule has 0 aliphatic carbocycles. The third kappa shape index (κ3) is 3.88. The molecule has 0 bridgehead atoms. The predicted molar refractivity (Wildman–Crippen MR) is 211 cm³/mol. The van der Waals surface area contributed by atoms with Gasteiger partial charge in [-0.05, 0) is 40.6 Å². The summed E-state index contributed by atoms with van der Waals surface area (Å²) in [6.07, 6.45) is 0. The lowest BCUT2D eigenvalue weighted by Gasteiger charge is -2.13. The molecule has 49 heavy (non-hydrogen) atoms. The van der Waals surface area contributed by atoms with E-state index >= 15 is 0 Å². The number of benzene rings is 7. The highest BCUT2D eigenvalue weighted by atomic mass is 32.1. The zero-order valence-corrected chi connectivity index (χ0v) is 27.7. The smallest absolute Gasteiger partial charge is 0.235 e. The molecule has 3 nitrogen and oxygen atoms in total. The van der Waals surface area contributed by atoms with E-state index in [2.05, 4.69) is 156 Å². The van der Waals surface area contributed by atoms with E-state index in [0.29, 0.717) is 5.95 Å². The first-order chi connectivity index (χ1) is 24.3. The van der Waals surface area contributed by atoms with Crippen LogP contribution in [0.15, 0.2) is 152 Å². The van der Waals surface area contributed by atoms with Crippen molar-refractivity contribution in [3.05, 3.63) is 152 Å². The van der Waals surface area contributed by atoms with Crippen LogP contribution in [0.1, 0.15) is 0 Å². The van der Waals surface area contributed by atoms with Crippen molar-refractivity contribution < 1.29 is 0 Å². The molecule has 0 atom stereocenters. The van der Waals surface area contributed by atoms with Crippen LogP contribution in [0.25, 0.3) is 101 Å². The molecule has 4 heterocycles. The second-order valence-corrected chi connectivity index (χ2v) is 14.6. The third-order valence-electron chi connectivity index (χ3n) is 9.82. The number of para-hydroxylation sites is 1. The molecular formula is C44H25N3S2. The maximum atomic E-state index is 5.49. The average Bonchev–Trinajstić information content (AvgIpc) is 3.84. The van der Waals surface area contributed by atoms with E-state index < -0.39 is 0 Å². The lowest BCUT2D eigenvalue weighted by molar-refractivity contribution is 1.02. The highest BCUT2D eigenvalue weighted by Gasteiger charge is 2.24. The van der Waals surface area contributed by atoms with E-state index in [1.165, 1.54) is 57.5 Å². The Morgan fingerprint density at radius 1 is 0.449 bits per heavy atom. The van der Waals surface area contributed by atoms with Crippen molar-refractivity contribution in [3.8, 4) is 28.3 Å². The van der Waals surface area contributed by atoms with Crippen LogP contribution in [0, 0.1) is 0 Å². The van der Waals surface area contributed by atoms with Gasteiger partial charge in [0, 0.05) is 52.2 Å². The van der Waals surface area contributed by atoms with Gasteiger partial charge in [0.2, 0.25) is 5.95 Å². The summed E-state index contributed by atoms with van der Waals surface area (Å²) in [5, 5.41) is 8.60. The Bertz CT molecular complexity index is 3110. The summed E-state index contributed by atoms with van der Waals surface area (Å²) in [5.74, 6) is 0.681. The minimum absolute atomic E-state index is 0.681. The van der Waals surface area contributed by atoms with Gasteiger partial charge in [-0.15, -0.1) is 22.7 Å². The highest BCUT2D eigenvalue weighted by molar-refractivity contribution is 7.26. The molecule has 0 fully saturated rings. The predicted octanol–water partition coefficient (Wildman–Crippen LogP) is 12.8. The molecule has 7 aromatic carbocycles. The van der Waals surface area contributed by atoms with Gasteiger partial charge < -0.3 is 0 Å². The van der Waals surface area contributed by atoms with Gasteiger partial charge >= 0.3 is 0 Å². The fraction of sp³-hybridized carbons (Fsp3) is 0. The van der Waals surface area contributed by atoms with Crippen LogP contribution in [-0.2, 0) is 0 Å². The fourth-order valence-electron chi connectivity index (χ4n) is 7.73. The maximum absolute atomic E-state index is 5.49. The van der Waals surface area contributed by atoms with Crippen LogP contribution in [0.4, 0.5) is 0 Å². The number of nitrogens with zero attached hydrogens (tertiary/aromatic N) is 3. The Hall–Kier alpha value is -5.88. The molecule has 11 rings (SSSR count). The molecule has 0 amide bonds. The summed E-state index contributed by atoms with van der Waals surface area (Å²) in [6.45, 7) is 0. The normalized spacial score (nSPS) is 12.1. The minimum Gasteiger partial charge on any atom is -0.277 e. The standard InChI is InChI=1S/C44H25N3S2/c1-2-13-27(14-3-1)40-43-41(32-17-7-9-22-36(32)49-43)46-44(45-40)47-34-25-24-26-12-4-5-15-28(26)38(34)33-20-10-19-30(42(33)47)29-18-11-23-37-39(29)31-16-6-8-21-35(31)48-37/h1-25H. The molecule has 228 valence electrons. The summed E-state index contributed by atoms with van der Waals surface area (Å²) in [4.78, 5) is 11.0. The highest BCUT2D eigenvalue weighted by Crippen LogP contribution is 2.46. The van der Waals surface area contributed by atoms with E-state index in [1.54, 1.807) is 11.3 Å². The molecule has 5 heteroatoms. The molecule has 0 saturated carbocycles. The molecule has 0 radical (unpaired) electrons. The Balaban J connectivity index is 1.34. The van der Waals surface area contributed by atoms with Crippen molar-refractivity contribution in [1.82, 2.24) is 14.5 Å². The number of thiophene rings is 2. The van der Waals surface area contributed by atoms with Crippen LogP contribution in [0.2, 0.25) is 0 Å². The van der Waals surface area contributed by atoms with Gasteiger partial charge in [0.15, 0.2) is 0 Å². The lowest BCUT2D eigenvalue weighted by atomic mass is 9.96. The van der Waals surface area contributed by atoms with Gasteiger partial charge in [-0.2, -0.15) is 0 Å². The van der Waals surface area contributed by atoms with Crippen molar-refractivity contribution in [2.24, 2.45) is 0 Å². The number of fused-ring (bicyclic) bond motifs is 11. The first-order valence-electron chi connectivity index (χ1n) is 16.4. The number of rotatable bonds is 3. The van der Waals surface area contributed by atoms with Crippen LogP contribution in [0.5, 0.6) is 0 Å². The molecule has 11 aromatic rings. The Morgan fingerprint density at radius 3 is 2.00 bits per heavy atom. The topological polar surface area (TPSA) is 30.7 Å². The zero-order chi connectivity index (χ0) is 32.1. The van der Waals surface area contributed by atoms with Crippen LogP contribution in [-0.4, -0.2) is 14.5 Å². The van der Waals surface area contributed by atoms with Crippen molar-refractivity contribution in [1.29, 1.82) is 0 Å². The van der Waals surface area contributed by atoms with Crippen LogP contribution >= 0.6 is 22.7 Å². The first-order valence-corrected chi connectivity index (χ1v) is 18.1. The monoisotopic (exact) mass is 659 g/mol. The first kappa shape index (κ1) is 27.1. The quantitative estimate of drug-likeness (QED) is 0.189. The van der Waals surface area contributed by atoms with Gasteiger partial charge in [-0.1, -0.05) is 127 Å². The molecule has 0 saturated heterocycles. The molecular weight excluding hydrogens is 635 g/mol. The van der Waals surface area contributed by atoms with E-state index in [4.69, 9.17) is 9.97 Å². The fourth-order valence-corrected chi connectivity index (χ4v) is 10.0. The van der Waals surface area contributed by atoms with Gasteiger partial charge in [-0.3, -0.25) is 4.57 Å². The van der Waals surface area contributed by atoms with Gasteiger partial charge in [0.05, 0.1) is 26.9 Å². The second kappa shape index (κ2) is 10.3. The lowest BCUT2D eigenvalue weighted by Crippen LogP contribution is -2.03. The van der Waals surface area contributed by atoms with Crippen LogP contribution < -0.4 is 0 Å². The van der Waals surface area contributed by atoms with E-state index in [1.807, 2.05) is 11.3 Å². The van der Waals surface area contributed by atoms with Crippen molar-refractivity contribution in [3.63, 3.8) is 0 Å². The Kier molecular flexibility index (Phi) is 5.70. The van der Waals surface area contributed by atoms with E-state index in [-0.39, 0.29) is 0 Å². The van der Waals surface area contributed by atoms with Crippen molar-refractivity contribution >= 4 is 95.7 Å². The summed E-state index contributed by atoms with van der Waals surface area (Å²) in [7, 11) is 0. The summed E-state index contributed by atoms with van der Waals surface area (Å²) >= 11 is 3.62. The molecule has 4 aromatic heterocycles. The van der Waals surface area contributed by atoms with Crippen molar-refractivity contribution in [2.75, 3.05) is 0 Å². The molecule has 0 spiro atoms. The minimum atomic E-state index is 0.681. The summed E-state index contributed by atoms with van der Waals surface area (Å²) in [6, 6.07) is 54.6. The number of aromatic nitrogens is 3. The third-order valence-corrected chi connectivity index (χ3v) is 12.1.